The predicted molar refractivity (Wildman–Crippen MR) is 98.9 cm³/mol. The van der Waals surface area contributed by atoms with Gasteiger partial charge in [-0.25, -0.2) is 0 Å². The van der Waals surface area contributed by atoms with E-state index in [1.165, 1.54) is 19.3 Å². The molecule has 1 aliphatic carbocycles. The Morgan fingerprint density at radius 2 is 2.08 bits per heavy atom. The molecule has 2 aromatic heterocycles. The SMILES string of the molecule is Cc1ccn(C(=O)CCc2nnc(C(C)C)o2)c(=NC2CCCCC2)c1. The third-order valence-corrected chi connectivity index (χ3v) is 4.78. The minimum Gasteiger partial charge on any atom is -0.425 e. The Morgan fingerprint density at radius 3 is 2.77 bits per heavy atom. The lowest BCUT2D eigenvalue weighted by molar-refractivity contribution is 0.0894. The average molecular weight is 356 g/mol. The van der Waals surface area contributed by atoms with E-state index in [-0.39, 0.29) is 11.8 Å². The highest BCUT2D eigenvalue weighted by Crippen LogP contribution is 2.19. The summed E-state index contributed by atoms with van der Waals surface area (Å²) < 4.78 is 7.26. The Balaban J connectivity index is 1.74. The Labute approximate surface area is 154 Å². The number of carbonyl (C=O) groups is 1. The first-order chi connectivity index (χ1) is 12.5. The molecular formula is C20H28N4O2. The molecule has 0 amide bonds. The number of nitrogens with zero attached hydrogens (tertiary/aromatic N) is 4. The van der Waals surface area contributed by atoms with E-state index in [2.05, 4.69) is 10.2 Å². The summed E-state index contributed by atoms with van der Waals surface area (Å²) in [5.74, 6) is 1.33. The number of aryl methyl sites for hydroxylation is 2. The first-order valence-corrected chi connectivity index (χ1v) is 9.61. The molecular weight excluding hydrogens is 328 g/mol. The molecule has 6 nitrogen and oxygen atoms in total. The smallest absolute Gasteiger partial charge is 0.232 e. The van der Waals surface area contributed by atoms with E-state index in [9.17, 15) is 4.79 Å². The summed E-state index contributed by atoms with van der Waals surface area (Å²) in [6, 6.07) is 4.27. The van der Waals surface area contributed by atoms with E-state index in [1.807, 2.05) is 39.1 Å². The van der Waals surface area contributed by atoms with Gasteiger partial charge in [0.1, 0.15) is 5.49 Å². The first kappa shape index (κ1) is 18.5. The van der Waals surface area contributed by atoms with E-state index in [4.69, 9.17) is 9.41 Å². The summed E-state index contributed by atoms with van der Waals surface area (Å²) in [6.07, 6.45) is 8.56. The summed E-state index contributed by atoms with van der Waals surface area (Å²) in [7, 11) is 0. The number of aromatic nitrogens is 3. The van der Waals surface area contributed by atoms with Crippen LogP contribution < -0.4 is 5.49 Å². The van der Waals surface area contributed by atoms with Gasteiger partial charge in [0.2, 0.25) is 17.7 Å². The second-order valence-electron chi connectivity index (χ2n) is 7.44. The molecule has 0 N–H and O–H groups in total. The zero-order chi connectivity index (χ0) is 18.5. The molecule has 6 heteroatoms. The molecule has 140 valence electrons. The number of hydrogen-bond donors (Lipinski definition) is 0. The number of hydrogen-bond acceptors (Lipinski definition) is 5. The fraction of sp³-hybridized carbons (Fsp3) is 0.600. The van der Waals surface area contributed by atoms with Crippen LogP contribution in [0.5, 0.6) is 0 Å². The van der Waals surface area contributed by atoms with Gasteiger partial charge in [0.15, 0.2) is 0 Å². The van der Waals surface area contributed by atoms with Crippen molar-refractivity contribution in [2.45, 2.75) is 77.7 Å². The maximum atomic E-state index is 12.7. The van der Waals surface area contributed by atoms with Gasteiger partial charge in [-0.05, 0) is 37.5 Å². The molecule has 1 aliphatic rings. The maximum absolute atomic E-state index is 12.7. The van der Waals surface area contributed by atoms with Crippen LogP contribution in [0.25, 0.3) is 0 Å². The van der Waals surface area contributed by atoms with Crippen molar-refractivity contribution < 1.29 is 9.21 Å². The third-order valence-electron chi connectivity index (χ3n) is 4.78. The highest BCUT2D eigenvalue weighted by atomic mass is 16.4. The summed E-state index contributed by atoms with van der Waals surface area (Å²) >= 11 is 0. The normalized spacial score (nSPS) is 16.4. The van der Waals surface area contributed by atoms with Crippen LogP contribution in [0.4, 0.5) is 0 Å². The Hall–Kier alpha value is -2.24. The van der Waals surface area contributed by atoms with Crippen molar-refractivity contribution in [3.63, 3.8) is 0 Å². The molecule has 2 aromatic rings. The predicted octanol–water partition coefficient (Wildman–Crippen LogP) is 3.81. The van der Waals surface area contributed by atoms with Gasteiger partial charge in [-0.15, -0.1) is 10.2 Å². The highest BCUT2D eigenvalue weighted by Gasteiger charge is 2.15. The van der Waals surface area contributed by atoms with Crippen molar-refractivity contribution in [1.29, 1.82) is 0 Å². The Bertz CT molecular complexity index is 813. The molecule has 0 spiro atoms. The van der Waals surface area contributed by atoms with Crippen molar-refractivity contribution in [3.05, 3.63) is 41.2 Å². The van der Waals surface area contributed by atoms with Crippen LogP contribution in [0.1, 0.15) is 80.4 Å². The van der Waals surface area contributed by atoms with Gasteiger partial charge in [-0.1, -0.05) is 33.1 Å². The van der Waals surface area contributed by atoms with E-state index in [0.29, 0.717) is 30.7 Å². The summed E-state index contributed by atoms with van der Waals surface area (Å²) in [5, 5.41) is 8.05. The van der Waals surface area contributed by atoms with Crippen LogP contribution in [-0.2, 0) is 6.42 Å². The molecule has 0 atom stereocenters. The highest BCUT2D eigenvalue weighted by molar-refractivity contribution is 5.78. The Morgan fingerprint density at radius 1 is 1.31 bits per heavy atom. The van der Waals surface area contributed by atoms with E-state index in [1.54, 1.807) is 4.57 Å². The van der Waals surface area contributed by atoms with Crippen molar-refractivity contribution in [2.75, 3.05) is 0 Å². The summed E-state index contributed by atoms with van der Waals surface area (Å²) in [6.45, 7) is 6.04. The Kier molecular flexibility index (Phi) is 6.01. The van der Waals surface area contributed by atoms with Crippen LogP contribution in [-0.4, -0.2) is 26.7 Å². The third kappa shape index (κ3) is 4.68. The molecule has 0 saturated heterocycles. The van der Waals surface area contributed by atoms with Crippen molar-refractivity contribution in [3.8, 4) is 0 Å². The van der Waals surface area contributed by atoms with Crippen molar-refractivity contribution in [1.82, 2.24) is 14.8 Å². The number of pyridine rings is 1. The van der Waals surface area contributed by atoms with Crippen LogP contribution in [0.3, 0.4) is 0 Å². The largest absolute Gasteiger partial charge is 0.425 e. The van der Waals surface area contributed by atoms with E-state index in [0.717, 1.165) is 23.9 Å². The van der Waals surface area contributed by atoms with Gasteiger partial charge in [0.25, 0.3) is 0 Å². The number of rotatable bonds is 5. The molecule has 3 rings (SSSR count). The fourth-order valence-corrected chi connectivity index (χ4v) is 3.23. The zero-order valence-corrected chi connectivity index (χ0v) is 15.9. The minimum atomic E-state index is 0.00357. The van der Waals surface area contributed by atoms with Gasteiger partial charge in [0.05, 0.1) is 6.04 Å². The van der Waals surface area contributed by atoms with Gasteiger partial charge >= 0.3 is 0 Å². The van der Waals surface area contributed by atoms with Gasteiger partial charge in [0, 0.05) is 25.0 Å². The lowest BCUT2D eigenvalue weighted by Crippen LogP contribution is -2.29. The second kappa shape index (κ2) is 8.43. The van der Waals surface area contributed by atoms with Crippen LogP contribution in [0.2, 0.25) is 0 Å². The first-order valence-electron chi connectivity index (χ1n) is 9.61. The monoisotopic (exact) mass is 356 g/mol. The van der Waals surface area contributed by atoms with E-state index >= 15 is 0 Å². The second-order valence-corrected chi connectivity index (χ2v) is 7.44. The zero-order valence-electron chi connectivity index (χ0n) is 15.9. The molecule has 0 aliphatic heterocycles. The lowest BCUT2D eigenvalue weighted by Gasteiger charge is -2.18. The van der Waals surface area contributed by atoms with Gasteiger partial charge < -0.3 is 4.42 Å². The van der Waals surface area contributed by atoms with Crippen molar-refractivity contribution in [2.24, 2.45) is 4.99 Å². The molecule has 2 heterocycles. The fourth-order valence-electron chi connectivity index (χ4n) is 3.23. The lowest BCUT2D eigenvalue weighted by atomic mass is 9.96. The molecule has 0 unspecified atom stereocenters. The van der Waals surface area contributed by atoms with Gasteiger partial charge in [-0.2, -0.15) is 0 Å². The average Bonchev–Trinajstić information content (AvgIpc) is 3.10. The molecule has 1 fully saturated rings. The van der Waals surface area contributed by atoms with Crippen molar-refractivity contribution >= 4 is 5.91 Å². The molecule has 0 radical (unpaired) electrons. The molecule has 0 bridgehead atoms. The number of carbonyl (C=O) groups excluding carboxylic acids is 1. The summed E-state index contributed by atoms with van der Waals surface area (Å²) in [5.41, 5.74) is 1.87. The quantitative estimate of drug-likeness (QED) is 0.816. The molecule has 1 saturated carbocycles. The van der Waals surface area contributed by atoms with Gasteiger partial charge in [-0.3, -0.25) is 14.4 Å². The van der Waals surface area contributed by atoms with Crippen LogP contribution in [0, 0.1) is 6.92 Å². The standard InChI is InChI=1S/C20H28N4O2/c1-14(2)20-23-22-18(26-20)9-10-19(25)24-12-11-15(3)13-17(24)21-16-7-5-4-6-8-16/h11-14,16H,4-10H2,1-3H3. The topological polar surface area (TPSA) is 73.3 Å². The van der Waals surface area contributed by atoms with E-state index < -0.39 is 0 Å². The molecule has 26 heavy (non-hydrogen) atoms. The maximum Gasteiger partial charge on any atom is 0.232 e. The molecule has 0 aromatic carbocycles. The van der Waals surface area contributed by atoms with Crippen LogP contribution >= 0.6 is 0 Å². The van der Waals surface area contributed by atoms with Crippen LogP contribution in [0.15, 0.2) is 27.7 Å². The minimum absolute atomic E-state index is 0.00357. The summed E-state index contributed by atoms with van der Waals surface area (Å²) in [4.78, 5) is 17.6.